The van der Waals surface area contributed by atoms with Gasteiger partial charge in [-0.3, -0.25) is 4.99 Å². The molecule has 4 heteroatoms. The highest BCUT2D eigenvalue weighted by molar-refractivity contribution is 5.90. The van der Waals surface area contributed by atoms with Gasteiger partial charge in [0.2, 0.25) is 0 Å². The highest BCUT2D eigenvalue weighted by Gasteiger charge is 2.18. The average molecular weight is 250 g/mol. The second-order valence-electron chi connectivity index (χ2n) is 5.50. The molecule has 0 bridgehead atoms. The van der Waals surface area contributed by atoms with Crippen molar-refractivity contribution in [3.8, 4) is 0 Å². The first-order chi connectivity index (χ1) is 8.77. The zero-order valence-electron chi connectivity index (χ0n) is 11.3. The standard InChI is InChI=1S/C14H26N4/c15-11-5-1-3-7-13(11)17-9-10-18-14-8-4-2-6-12(14)16/h11,14,16,18H,1-10,15H2/t11-,14?/m1/s1. The maximum absolute atomic E-state index is 7.89. The summed E-state index contributed by atoms with van der Waals surface area (Å²) in [7, 11) is 0. The van der Waals surface area contributed by atoms with E-state index >= 15 is 0 Å². The quantitative estimate of drug-likeness (QED) is 0.666. The second-order valence-corrected chi connectivity index (χ2v) is 5.50. The van der Waals surface area contributed by atoms with Crippen LogP contribution in [0.2, 0.25) is 0 Å². The molecule has 0 saturated heterocycles. The van der Waals surface area contributed by atoms with Gasteiger partial charge in [-0.15, -0.1) is 0 Å². The molecule has 2 fully saturated rings. The molecule has 4 N–H and O–H groups in total. The SMILES string of the molecule is N=C1CCCCC1NCCN=C1CCCC[C@H]1N. The van der Waals surface area contributed by atoms with E-state index in [-0.39, 0.29) is 6.04 Å². The van der Waals surface area contributed by atoms with E-state index in [1.165, 1.54) is 31.4 Å². The third-order valence-corrected chi connectivity index (χ3v) is 4.05. The Morgan fingerprint density at radius 2 is 1.94 bits per heavy atom. The zero-order valence-corrected chi connectivity index (χ0v) is 11.3. The second kappa shape index (κ2) is 7.00. The maximum Gasteiger partial charge on any atom is 0.0514 e. The number of nitrogens with zero attached hydrogens (tertiary/aromatic N) is 1. The third kappa shape index (κ3) is 3.89. The molecule has 0 spiro atoms. The maximum atomic E-state index is 7.89. The lowest BCUT2D eigenvalue weighted by atomic mass is 9.93. The molecular weight excluding hydrogens is 224 g/mol. The molecule has 2 saturated carbocycles. The minimum absolute atomic E-state index is 0.201. The van der Waals surface area contributed by atoms with Crippen LogP contribution in [-0.2, 0) is 0 Å². The Kier molecular flexibility index (Phi) is 5.32. The summed E-state index contributed by atoms with van der Waals surface area (Å²) in [5, 5.41) is 11.3. The summed E-state index contributed by atoms with van der Waals surface area (Å²) in [6.07, 6.45) is 9.20. The minimum Gasteiger partial charge on any atom is -0.323 e. The molecule has 4 nitrogen and oxygen atoms in total. The first-order valence-electron chi connectivity index (χ1n) is 7.37. The fourth-order valence-corrected chi connectivity index (χ4v) is 2.89. The van der Waals surface area contributed by atoms with Gasteiger partial charge in [0.15, 0.2) is 0 Å². The fraction of sp³-hybridized carbons (Fsp3) is 0.857. The van der Waals surface area contributed by atoms with Crippen molar-refractivity contribution in [2.75, 3.05) is 13.1 Å². The summed E-state index contributed by atoms with van der Waals surface area (Å²) in [5.41, 5.74) is 8.13. The highest BCUT2D eigenvalue weighted by atomic mass is 15.0. The number of nitrogens with one attached hydrogen (secondary N) is 2. The van der Waals surface area contributed by atoms with Crippen LogP contribution in [0.15, 0.2) is 4.99 Å². The van der Waals surface area contributed by atoms with Crippen LogP contribution in [0.1, 0.15) is 51.4 Å². The van der Waals surface area contributed by atoms with Gasteiger partial charge in [-0.2, -0.15) is 0 Å². The smallest absolute Gasteiger partial charge is 0.0514 e. The predicted octanol–water partition coefficient (Wildman–Crippen LogP) is 1.88. The van der Waals surface area contributed by atoms with Crippen molar-refractivity contribution in [1.29, 1.82) is 5.41 Å². The van der Waals surface area contributed by atoms with E-state index in [0.29, 0.717) is 6.04 Å². The van der Waals surface area contributed by atoms with Crippen LogP contribution in [0.5, 0.6) is 0 Å². The van der Waals surface area contributed by atoms with Crippen LogP contribution in [0, 0.1) is 5.41 Å². The van der Waals surface area contributed by atoms with Gasteiger partial charge in [0.25, 0.3) is 0 Å². The normalized spacial score (nSPS) is 31.8. The number of rotatable bonds is 4. The van der Waals surface area contributed by atoms with Crippen LogP contribution >= 0.6 is 0 Å². The van der Waals surface area contributed by atoms with Gasteiger partial charge in [0.1, 0.15) is 0 Å². The van der Waals surface area contributed by atoms with E-state index in [0.717, 1.165) is 44.5 Å². The Morgan fingerprint density at radius 1 is 1.17 bits per heavy atom. The predicted molar refractivity (Wildman–Crippen MR) is 76.7 cm³/mol. The Morgan fingerprint density at radius 3 is 2.72 bits per heavy atom. The lowest BCUT2D eigenvalue weighted by Gasteiger charge is -2.24. The minimum atomic E-state index is 0.201. The van der Waals surface area contributed by atoms with Crippen molar-refractivity contribution in [3.63, 3.8) is 0 Å². The largest absolute Gasteiger partial charge is 0.323 e. The summed E-state index contributed by atoms with van der Waals surface area (Å²) >= 11 is 0. The van der Waals surface area contributed by atoms with Crippen LogP contribution in [0.4, 0.5) is 0 Å². The number of nitrogens with two attached hydrogens (primary N) is 1. The van der Waals surface area contributed by atoms with Gasteiger partial charge < -0.3 is 16.5 Å². The molecule has 0 radical (unpaired) electrons. The number of hydrogen-bond donors (Lipinski definition) is 3. The third-order valence-electron chi connectivity index (χ3n) is 4.05. The zero-order chi connectivity index (χ0) is 12.8. The molecule has 2 atom stereocenters. The van der Waals surface area contributed by atoms with Crippen LogP contribution < -0.4 is 11.1 Å². The Bertz CT molecular complexity index is 311. The molecule has 0 heterocycles. The van der Waals surface area contributed by atoms with Crippen molar-refractivity contribution in [2.24, 2.45) is 10.7 Å². The van der Waals surface area contributed by atoms with Gasteiger partial charge >= 0.3 is 0 Å². The molecule has 102 valence electrons. The Labute approximate surface area is 110 Å². The molecule has 1 unspecified atom stereocenters. The number of aliphatic imine (C=N–C) groups is 1. The van der Waals surface area contributed by atoms with E-state index in [1.54, 1.807) is 0 Å². The number of hydrogen-bond acceptors (Lipinski definition) is 4. The molecule has 0 aromatic rings. The summed E-state index contributed by atoms with van der Waals surface area (Å²) in [4.78, 5) is 4.63. The summed E-state index contributed by atoms with van der Waals surface area (Å²) < 4.78 is 0. The van der Waals surface area contributed by atoms with Gasteiger partial charge in [-0.05, 0) is 38.5 Å². The average Bonchev–Trinajstić information content (AvgIpc) is 2.38. The van der Waals surface area contributed by atoms with Gasteiger partial charge in [-0.1, -0.05) is 12.8 Å². The van der Waals surface area contributed by atoms with Crippen molar-refractivity contribution in [3.05, 3.63) is 0 Å². The molecule has 2 aliphatic rings. The van der Waals surface area contributed by atoms with Gasteiger partial charge in [0.05, 0.1) is 6.54 Å². The highest BCUT2D eigenvalue weighted by Crippen LogP contribution is 2.15. The first-order valence-corrected chi connectivity index (χ1v) is 7.37. The summed E-state index contributed by atoms with van der Waals surface area (Å²) in [6, 6.07) is 0.505. The van der Waals surface area contributed by atoms with Crippen molar-refractivity contribution >= 4 is 11.4 Å². The van der Waals surface area contributed by atoms with Gasteiger partial charge in [-0.25, -0.2) is 0 Å². The van der Waals surface area contributed by atoms with E-state index < -0.39 is 0 Å². The lowest BCUT2D eigenvalue weighted by molar-refractivity contribution is 0.515. The molecule has 0 amide bonds. The monoisotopic (exact) mass is 250 g/mol. The van der Waals surface area contributed by atoms with E-state index in [9.17, 15) is 0 Å². The Balaban J connectivity index is 1.68. The molecule has 2 aliphatic carbocycles. The summed E-state index contributed by atoms with van der Waals surface area (Å²) in [5.74, 6) is 0. The molecule has 18 heavy (non-hydrogen) atoms. The van der Waals surface area contributed by atoms with Crippen LogP contribution in [-0.4, -0.2) is 36.6 Å². The Hall–Kier alpha value is -0.740. The van der Waals surface area contributed by atoms with E-state index in [2.05, 4.69) is 10.3 Å². The molecule has 0 aromatic carbocycles. The molecular formula is C14H26N4. The topological polar surface area (TPSA) is 74.3 Å². The lowest BCUT2D eigenvalue weighted by Crippen LogP contribution is -2.40. The van der Waals surface area contributed by atoms with Gasteiger partial charge in [0, 0.05) is 30.1 Å². The van der Waals surface area contributed by atoms with Crippen LogP contribution in [0.3, 0.4) is 0 Å². The fourth-order valence-electron chi connectivity index (χ4n) is 2.89. The summed E-state index contributed by atoms with van der Waals surface area (Å²) in [6.45, 7) is 1.69. The van der Waals surface area contributed by atoms with E-state index in [1.807, 2.05) is 0 Å². The first kappa shape index (κ1) is 13.7. The van der Waals surface area contributed by atoms with Crippen molar-refractivity contribution in [1.82, 2.24) is 5.32 Å². The van der Waals surface area contributed by atoms with Crippen LogP contribution in [0.25, 0.3) is 0 Å². The van der Waals surface area contributed by atoms with Crippen molar-refractivity contribution in [2.45, 2.75) is 63.5 Å². The molecule has 0 aliphatic heterocycles. The van der Waals surface area contributed by atoms with E-state index in [4.69, 9.17) is 11.1 Å². The molecule has 2 rings (SSSR count). The molecule has 0 aromatic heterocycles. The van der Waals surface area contributed by atoms with Crippen molar-refractivity contribution < 1.29 is 0 Å².